The van der Waals surface area contributed by atoms with E-state index in [2.05, 4.69) is 10.0 Å². The van der Waals surface area contributed by atoms with Gasteiger partial charge in [-0.15, -0.1) is 0 Å². The largest absolute Gasteiger partial charge is 0.394 e. The summed E-state index contributed by atoms with van der Waals surface area (Å²) in [5.41, 5.74) is 9.09. The molecule has 236 valence electrons. The van der Waals surface area contributed by atoms with Crippen molar-refractivity contribution < 1.29 is 67.1 Å². The summed E-state index contributed by atoms with van der Waals surface area (Å²) in [6.07, 6.45) is -11.9. The average Bonchev–Trinajstić information content (AvgIpc) is 3.42. The zero-order valence-electron chi connectivity index (χ0n) is 23.9. The summed E-state index contributed by atoms with van der Waals surface area (Å²) >= 11 is 0. The summed E-state index contributed by atoms with van der Waals surface area (Å²) in [6.45, 7) is -0.208. The second kappa shape index (κ2) is 15.0. The molecule has 41 heavy (non-hydrogen) atoms. The Balaban J connectivity index is 1.59. The lowest BCUT2D eigenvalue weighted by molar-refractivity contribution is -0.375. The molecule has 4 rings (SSSR count). The monoisotopic (exact) mass is 595 g/mol. The van der Waals surface area contributed by atoms with E-state index in [0.29, 0.717) is 0 Å². The first-order chi connectivity index (χ1) is 19.9. The summed E-state index contributed by atoms with van der Waals surface area (Å²) in [5, 5.41) is 24.2. The molecule has 0 aliphatic carbocycles. The third-order valence-corrected chi connectivity index (χ3v) is 7.89. The van der Waals surface area contributed by atoms with Crippen LogP contribution >= 0.6 is 0 Å². The van der Waals surface area contributed by atoms with E-state index < -0.39 is 98.7 Å². The molecular weight excluding hydrogens is 554 g/mol. The molecule has 4 aliphatic rings. The van der Waals surface area contributed by atoms with Crippen LogP contribution in [0, 0.1) is 0 Å². The van der Waals surface area contributed by atoms with Crippen LogP contribution in [0.4, 0.5) is 0 Å². The van der Waals surface area contributed by atoms with Gasteiger partial charge in [-0.2, -0.15) is 0 Å². The smallest absolute Gasteiger partial charge is 0.187 e. The number of rotatable bonds is 13. The molecule has 4 aliphatic heterocycles. The van der Waals surface area contributed by atoms with Gasteiger partial charge in [-0.1, -0.05) is 5.11 Å². The molecule has 0 aromatic carbocycles. The zero-order chi connectivity index (χ0) is 29.7. The maximum atomic E-state index is 10.6. The molecule has 0 aromatic rings. The summed E-state index contributed by atoms with van der Waals surface area (Å²) in [4.78, 5) is 2.91. The van der Waals surface area contributed by atoms with E-state index in [0.717, 1.165) is 0 Å². The number of aliphatic hydroxyl groups excluding tert-OH is 2. The predicted molar refractivity (Wildman–Crippen MR) is 134 cm³/mol. The lowest BCUT2D eigenvalue weighted by Gasteiger charge is -2.49. The average molecular weight is 596 g/mol. The van der Waals surface area contributed by atoms with Gasteiger partial charge in [0.15, 0.2) is 18.9 Å². The fourth-order valence-electron chi connectivity index (χ4n) is 5.92. The normalized spacial score (nSPS) is 46.3. The van der Waals surface area contributed by atoms with Crippen LogP contribution in [0.3, 0.4) is 0 Å². The Morgan fingerprint density at radius 2 is 1.34 bits per heavy atom. The van der Waals surface area contributed by atoms with E-state index in [4.69, 9.17) is 62.4 Å². The number of hydrogen-bond acceptors (Lipinski definition) is 15. The van der Waals surface area contributed by atoms with Crippen molar-refractivity contribution >= 4 is 0 Å². The van der Waals surface area contributed by atoms with Gasteiger partial charge in [0.2, 0.25) is 0 Å². The Kier molecular flexibility index (Phi) is 11.9. The third-order valence-electron chi connectivity index (χ3n) is 7.89. The van der Waals surface area contributed by atoms with Crippen LogP contribution in [0.15, 0.2) is 5.11 Å². The third kappa shape index (κ3) is 6.50. The lowest BCUT2D eigenvalue weighted by atomic mass is 9.95. The quantitative estimate of drug-likeness (QED) is 0.145. The lowest BCUT2D eigenvalue weighted by Crippen LogP contribution is -2.67. The minimum Gasteiger partial charge on any atom is -0.394 e. The van der Waals surface area contributed by atoms with Crippen LogP contribution in [-0.2, 0) is 56.8 Å². The summed E-state index contributed by atoms with van der Waals surface area (Å²) in [6, 6.07) is -0.791. The number of aliphatic hydroxyl groups is 2. The van der Waals surface area contributed by atoms with Crippen LogP contribution < -0.4 is 0 Å². The first-order valence-electron chi connectivity index (χ1n) is 13.3. The zero-order valence-corrected chi connectivity index (χ0v) is 23.9. The van der Waals surface area contributed by atoms with Crippen molar-refractivity contribution in [2.45, 2.75) is 92.1 Å². The summed E-state index contributed by atoms with van der Waals surface area (Å²) in [7, 11) is 8.80. The summed E-state index contributed by atoms with van der Waals surface area (Å²) < 4.78 is 70.4. The maximum Gasteiger partial charge on any atom is 0.187 e. The van der Waals surface area contributed by atoms with Gasteiger partial charge in [-0.05, 0) is 5.53 Å². The van der Waals surface area contributed by atoms with Crippen molar-refractivity contribution in [2.75, 3.05) is 62.5 Å². The number of fused-ring (bicyclic) bond motifs is 2. The molecule has 2 bridgehead atoms. The van der Waals surface area contributed by atoms with Gasteiger partial charge < -0.3 is 67.1 Å². The van der Waals surface area contributed by atoms with E-state index in [1.165, 1.54) is 42.7 Å². The van der Waals surface area contributed by atoms with E-state index in [9.17, 15) is 10.2 Å². The topological polar surface area (TPSA) is 200 Å². The van der Waals surface area contributed by atoms with Crippen molar-refractivity contribution in [3.05, 3.63) is 10.4 Å². The van der Waals surface area contributed by atoms with Crippen molar-refractivity contribution in [3.8, 4) is 0 Å². The highest BCUT2D eigenvalue weighted by Crippen LogP contribution is 2.38. The van der Waals surface area contributed by atoms with Crippen molar-refractivity contribution in [1.82, 2.24) is 0 Å². The molecule has 15 atom stereocenters. The number of azide groups is 1. The molecule has 0 radical (unpaired) electrons. The van der Waals surface area contributed by atoms with Gasteiger partial charge in [0.05, 0.1) is 25.9 Å². The van der Waals surface area contributed by atoms with Gasteiger partial charge in [-0.25, -0.2) is 0 Å². The Morgan fingerprint density at radius 3 is 1.90 bits per heavy atom. The maximum absolute atomic E-state index is 10.6. The first kappa shape index (κ1) is 32.7. The van der Waals surface area contributed by atoms with Crippen molar-refractivity contribution in [3.63, 3.8) is 0 Å². The molecule has 4 fully saturated rings. The molecule has 17 nitrogen and oxygen atoms in total. The molecule has 4 heterocycles. The Morgan fingerprint density at radius 1 is 0.756 bits per heavy atom. The molecular formula is C24H41N3O14. The second-order valence-corrected chi connectivity index (χ2v) is 9.99. The van der Waals surface area contributed by atoms with Crippen LogP contribution in [0.25, 0.3) is 10.4 Å². The molecule has 0 spiro atoms. The van der Waals surface area contributed by atoms with Gasteiger partial charge in [0.1, 0.15) is 67.1 Å². The Labute approximate surface area is 237 Å². The molecule has 0 aromatic heterocycles. The van der Waals surface area contributed by atoms with Gasteiger partial charge in [0.25, 0.3) is 0 Å². The Hall–Kier alpha value is -1.25. The van der Waals surface area contributed by atoms with E-state index in [1.54, 1.807) is 0 Å². The SMILES string of the molecule is COC[C@H]1O[C@H](O[C@H]2C3CO[C@@H](O3)C(N=[N+]=[N-])[C@@H]2OC)C(OC)C(OC)[C@@H]1O[C@H]1O[C@H](CO)[C@@H](O)C(OC)C1OC. The number of methoxy groups -OCH3 is 6. The minimum atomic E-state index is -1.16. The predicted octanol–water partition coefficient (Wildman–Crippen LogP) is -1.28. The highest BCUT2D eigenvalue weighted by Gasteiger charge is 2.56. The molecule has 2 N–H and O–H groups in total. The fourth-order valence-corrected chi connectivity index (χ4v) is 5.92. The number of hydrogen-bond donors (Lipinski definition) is 2. The first-order valence-corrected chi connectivity index (χ1v) is 13.3. The van der Waals surface area contributed by atoms with Crippen LogP contribution in [-0.4, -0.2) is 165 Å². The van der Waals surface area contributed by atoms with Gasteiger partial charge in [-0.3, -0.25) is 0 Å². The van der Waals surface area contributed by atoms with Crippen molar-refractivity contribution in [2.24, 2.45) is 5.11 Å². The minimum absolute atomic E-state index is 0.0653. The van der Waals surface area contributed by atoms with E-state index in [1.807, 2.05) is 0 Å². The molecule has 0 amide bonds. The van der Waals surface area contributed by atoms with Crippen LogP contribution in [0.1, 0.15) is 0 Å². The highest BCUT2D eigenvalue weighted by atomic mass is 16.8. The van der Waals surface area contributed by atoms with Gasteiger partial charge >= 0.3 is 0 Å². The van der Waals surface area contributed by atoms with Crippen LogP contribution in [0.5, 0.6) is 0 Å². The van der Waals surface area contributed by atoms with Gasteiger partial charge in [0, 0.05) is 47.6 Å². The summed E-state index contributed by atoms with van der Waals surface area (Å²) in [5.74, 6) is 0. The molecule has 4 saturated heterocycles. The van der Waals surface area contributed by atoms with E-state index in [-0.39, 0.29) is 13.2 Å². The van der Waals surface area contributed by atoms with E-state index >= 15 is 0 Å². The second-order valence-electron chi connectivity index (χ2n) is 9.99. The number of nitrogens with zero attached hydrogens (tertiary/aromatic N) is 3. The fraction of sp³-hybridized carbons (Fsp3) is 1.00. The molecule has 0 saturated carbocycles. The molecule has 6 unspecified atom stereocenters. The Bertz CT molecular complexity index is 869. The highest BCUT2D eigenvalue weighted by molar-refractivity contribution is 5.01. The van der Waals surface area contributed by atoms with Crippen molar-refractivity contribution in [1.29, 1.82) is 0 Å². The molecule has 17 heteroatoms. The van der Waals surface area contributed by atoms with Crippen LogP contribution in [0.2, 0.25) is 0 Å². The number of ether oxygens (including phenoxy) is 12. The standard InChI is InChI=1S/C24H41N3O14/c1-30-8-11-16(41-23-20(34-5)18(32-3)14(29)10(7-28)37-23)19(33-4)21(35-6)24(39-11)40-15-12-9-36-22(38-12)13(26-27-25)17(15)31-2/h10-24,28-29H,7-9H2,1-6H3/t10-,11-,12?,13?,14-,15+,16-,17+,18?,19?,20?,21?,22+,23-,24-/m1/s1.